The lowest BCUT2D eigenvalue weighted by Crippen LogP contribution is -2.18. The predicted molar refractivity (Wildman–Crippen MR) is 86.7 cm³/mol. The minimum Gasteiger partial charge on any atom is -0.508 e. The fourth-order valence-electron chi connectivity index (χ4n) is 2.23. The molecule has 110 valence electrons. The van der Waals surface area contributed by atoms with Crippen LogP contribution in [0.25, 0.3) is 0 Å². The molecular formula is C19H22O2. The first-order valence-electron chi connectivity index (χ1n) is 7.14. The molecule has 0 aliphatic rings. The van der Waals surface area contributed by atoms with Crippen molar-refractivity contribution in [2.45, 2.75) is 33.1 Å². The zero-order valence-corrected chi connectivity index (χ0v) is 13.1. The molecule has 0 heterocycles. The summed E-state index contributed by atoms with van der Waals surface area (Å²) in [5, 5.41) is 9.41. The van der Waals surface area contributed by atoms with E-state index in [1.807, 2.05) is 44.2 Å². The maximum absolute atomic E-state index is 9.41. The normalized spacial score (nSPS) is 12.3. The average Bonchev–Trinajstić information content (AvgIpc) is 2.48. The number of rotatable bonds is 4. The van der Waals surface area contributed by atoms with Crippen LogP contribution in [0, 0.1) is 0 Å². The Morgan fingerprint density at radius 1 is 0.952 bits per heavy atom. The van der Waals surface area contributed by atoms with Crippen LogP contribution in [0.4, 0.5) is 0 Å². The summed E-state index contributed by atoms with van der Waals surface area (Å²) in [6.07, 6.45) is 1.94. The van der Waals surface area contributed by atoms with Gasteiger partial charge in [-0.2, -0.15) is 0 Å². The van der Waals surface area contributed by atoms with Crippen LogP contribution in [0.1, 0.15) is 38.8 Å². The van der Waals surface area contributed by atoms with Gasteiger partial charge in [-0.1, -0.05) is 38.1 Å². The van der Waals surface area contributed by atoms with Crippen molar-refractivity contribution in [2.24, 2.45) is 0 Å². The van der Waals surface area contributed by atoms with Crippen LogP contribution in [0.2, 0.25) is 0 Å². The van der Waals surface area contributed by atoms with E-state index in [1.54, 1.807) is 12.1 Å². The predicted octanol–water partition coefficient (Wildman–Crippen LogP) is 5.02. The van der Waals surface area contributed by atoms with Crippen LogP contribution in [-0.2, 0) is 5.41 Å². The van der Waals surface area contributed by atoms with Gasteiger partial charge >= 0.3 is 0 Å². The highest BCUT2D eigenvalue weighted by molar-refractivity contribution is 5.41. The molecule has 0 fully saturated rings. The van der Waals surface area contributed by atoms with Crippen molar-refractivity contribution in [1.29, 1.82) is 0 Å². The van der Waals surface area contributed by atoms with Gasteiger partial charge in [0.25, 0.3) is 0 Å². The van der Waals surface area contributed by atoms with Gasteiger partial charge in [0.05, 0.1) is 5.76 Å². The monoisotopic (exact) mass is 282 g/mol. The van der Waals surface area contributed by atoms with E-state index in [4.69, 9.17) is 4.74 Å². The summed E-state index contributed by atoms with van der Waals surface area (Å²) in [5.41, 5.74) is 2.25. The summed E-state index contributed by atoms with van der Waals surface area (Å²) in [7, 11) is 0. The second kappa shape index (κ2) is 6.04. The van der Waals surface area contributed by atoms with Crippen molar-refractivity contribution in [3.8, 4) is 11.5 Å². The van der Waals surface area contributed by atoms with Crippen LogP contribution in [0.3, 0.4) is 0 Å². The van der Waals surface area contributed by atoms with E-state index in [9.17, 15) is 5.11 Å². The molecule has 2 aromatic carbocycles. The van der Waals surface area contributed by atoms with E-state index in [-0.39, 0.29) is 5.41 Å². The Balaban J connectivity index is 2.26. The van der Waals surface area contributed by atoms with E-state index in [0.717, 1.165) is 11.5 Å². The molecule has 1 N–H and O–H groups in total. The molecule has 2 nitrogen and oxygen atoms in total. The summed E-state index contributed by atoms with van der Waals surface area (Å²) in [6, 6.07) is 15.5. The summed E-state index contributed by atoms with van der Waals surface area (Å²) in [5.74, 6) is 2.02. The Morgan fingerprint density at radius 3 is 1.90 bits per heavy atom. The maximum atomic E-state index is 9.41. The van der Waals surface area contributed by atoms with Gasteiger partial charge in [-0.05, 0) is 55.3 Å². The Kier molecular flexibility index (Phi) is 4.37. The van der Waals surface area contributed by atoms with Crippen molar-refractivity contribution in [3.05, 3.63) is 71.5 Å². The number of hydrogen-bond acceptors (Lipinski definition) is 2. The van der Waals surface area contributed by atoms with E-state index in [1.165, 1.54) is 11.1 Å². The van der Waals surface area contributed by atoms with Gasteiger partial charge in [0, 0.05) is 5.41 Å². The van der Waals surface area contributed by atoms with E-state index in [2.05, 4.69) is 26.0 Å². The first-order chi connectivity index (χ1) is 9.93. The van der Waals surface area contributed by atoms with Gasteiger partial charge in [-0.15, -0.1) is 0 Å². The van der Waals surface area contributed by atoms with Crippen LogP contribution < -0.4 is 4.74 Å². The van der Waals surface area contributed by atoms with Crippen LogP contribution in [0.5, 0.6) is 11.5 Å². The van der Waals surface area contributed by atoms with E-state index >= 15 is 0 Å². The smallest absolute Gasteiger partial charge is 0.126 e. The summed E-state index contributed by atoms with van der Waals surface area (Å²) >= 11 is 0. The van der Waals surface area contributed by atoms with Gasteiger partial charge in [-0.25, -0.2) is 0 Å². The van der Waals surface area contributed by atoms with Crippen molar-refractivity contribution in [1.82, 2.24) is 0 Å². The Morgan fingerprint density at radius 2 is 1.43 bits per heavy atom. The van der Waals surface area contributed by atoms with E-state index < -0.39 is 0 Å². The first kappa shape index (κ1) is 15.2. The highest BCUT2D eigenvalue weighted by atomic mass is 16.5. The molecule has 0 atom stereocenters. The summed E-state index contributed by atoms with van der Waals surface area (Å²) < 4.78 is 5.68. The molecule has 0 unspecified atom stereocenters. The lowest BCUT2D eigenvalue weighted by Gasteiger charge is -2.26. The fraction of sp³-hybridized carbons (Fsp3) is 0.263. The second-order valence-corrected chi connectivity index (χ2v) is 5.70. The topological polar surface area (TPSA) is 29.5 Å². The summed E-state index contributed by atoms with van der Waals surface area (Å²) in [4.78, 5) is 0. The molecule has 21 heavy (non-hydrogen) atoms. The molecule has 0 spiro atoms. The molecule has 0 aromatic heterocycles. The highest BCUT2D eigenvalue weighted by Crippen LogP contribution is 2.33. The number of allylic oxidation sites excluding steroid dienone is 2. The zero-order chi connectivity index (χ0) is 15.5. The second-order valence-electron chi connectivity index (χ2n) is 5.70. The molecule has 0 aliphatic heterocycles. The molecule has 2 rings (SSSR count). The van der Waals surface area contributed by atoms with Crippen LogP contribution in [-0.4, -0.2) is 5.11 Å². The number of hydrogen-bond donors (Lipinski definition) is 1. The third-order valence-corrected chi connectivity index (χ3v) is 3.85. The molecule has 0 saturated heterocycles. The quantitative estimate of drug-likeness (QED) is 0.798. The molecular weight excluding hydrogens is 260 g/mol. The van der Waals surface area contributed by atoms with Crippen molar-refractivity contribution in [2.75, 3.05) is 0 Å². The zero-order valence-electron chi connectivity index (χ0n) is 13.1. The Labute approximate surface area is 126 Å². The minimum atomic E-state index is -0.123. The molecule has 2 heteroatoms. The Hall–Kier alpha value is -2.22. The number of benzene rings is 2. The highest BCUT2D eigenvalue weighted by Gasteiger charge is 2.22. The van der Waals surface area contributed by atoms with Crippen LogP contribution >= 0.6 is 0 Å². The summed E-state index contributed by atoms with van der Waals surface area (Å²) in [6.45, 7) is 8.24. The standard InChI is InChI=1S/C19H22O2/c1-5-14(2)21-18-12-8-16(9-13-18)19(3,4)15-6-10-17(20)11-7-15/h5-13,20H,1-4H3. The van der Waals surface area contributed by atoms with Gasteiger partial charge in [-0.3, -0.25) is 0 Å². The molecule has 0 saturated carbocycles. The molecule has 2 aromatic rings. The third-order valence-electron chi connectivity index (χ3n) is 3.85. The van der Waals surface area contributed by atoms with Gasteiger partial charge in [0.15, 0.2) is 0 Å². The van der Waals surface area contributed by atoms with Crippen LogP contribution in [0.15, 0.2) is 60.4 Å². The van der Waals surface area contributed by atoms with Gasteiger partial charge in [0.1, 0.15) is 11.5 Å². The maximum Gasteiger partial charge on any atom is 0.126 e. The fourth-order valence-corrected chi connectivity index (χ4v) is 2.23. The lowest BCUT2D eigenvalue weighted by molar-refractivity contribution is 0.426. The molecule has 0 aliphatic carbocycles. The largest absolute Gasteiger partial charge is 0.508 e. The molecule has 0 amide bonds. The number of phenolic OH excluding ortho intramolecular Hbond substituents is 1. The van der Waals surface area contributed by atoms with Gasteiger partial charge < -0.3 is 9.84 Å². The van der Waals surface area contributed by atoms with Crippen molar-refractivity contribution >= 4 is 0 Å². The number of phenols is 1. The minimum absolute atomic E-state index is 0.123. The average molecular weight is 282 g/mol. The van der Waals surface area contributed by atoms with Crippen molar-refractivity contribution in [3.63, 3.8) is 0 Å². The van der Waals surface area contributed by atoms with E-state index in [0.29, 0.717) is 5.75 Å². The third kappa shape index (κ3) is 3.46. The molecule has 0 radical (unpaired) electrons. The Bertz CT molecular complexity index is 620. The number of aromatic hydroxyl groups is 1. The number of ether oxygens (including phenoxy) is 1. The van der Waals surface area contributed by atoms with Crippen molar-refractivity contribution < 1.29 is 9.84 Å². The SMILES string of the molecule is CC=C(C)Oc1ccc(C(C)(C)c2ccc(O)cc2)cc1. The molecule has 0 bridgehead atoms. The first-order valence-corrected chi connectivity index (χ1v) is 7.14. The van der Waals surface area contributed by atoms with Gasteiger partial charge in [0.2, 0.25) is 0 Å². The lowest BCUT2D eigenvalue weighted by atomic mass is 9.78.